The number of ether oxygens (including phenoxy) is 1. The molecule has 0 radical (unpaired) electrons. The molecule has 2 heteroatoms. The predicted molar refractivity (Wildman–Crippen MR) is 66.5 cm³/mol. The number of piperidine rings is 1. The van der Waals surface area contributed by atoms with Crippen molar-refractivity contribution < 1.29 is 4.74 Å². The zero-order valence-corrected chi connectivity index (χ0v) is 10.0. The van der Waals surface area contributed by atoms with Gasteiger partial charge in [-0.1, -0.05) is 30.7 Å². The second-order valence-electron chi connectivity index (χ2n) is 4.60. The predicted octanol–water partition coefficient (Wildman–Crippen LogP) is 2.52. The minimum atomic E-state index is 0.682. The average molecular weight is 219 g/mol. The summed E-state index contributed by atoms with van der Waals surface area (Å²) in [6.07, 6.45) is 5.19. The zero-order chi connectivity index (χ0) is 11.2. The molecule has 1 fully saturated rings. The van der Waals surface area contributed by atoms with Gasteiger partial charge in [0.15, 0.2) is 0 Å². The standard InChI is InChI=1S/C14H21NO/c1-16-11-13-7-5-12(6-8-13)10-14-4-2-3-9-15-14/h5-8,14-15H,2-4,9-11H2,1H3. The van der Waals surface area contributed by atoms with E-state index in [-0.39, 0.29) is 0 Å². The van der Waals surface area contributed by atoms with Crippen molar-refractivity contribution in [3.8, 4) is 0 Å². The number of methoxy groups -OCH3 is 1. The Balaban J connectivity index is 1.88. The molecule has 16 heavy (non-hydrogen) atoms. The lowest BCUT2D eigenvalue weighted by Crippen LogP contribution is -2.35. The highest BCUT2D eigenvalue weighted by Gasteiger charge is 2.12. The highest BCUT2D eigenvalue weighted by Crippen LogP contribution is 2.13. The lowest BCUT2D eigenvalue weighted by Gasteiger charge is -2.23. The molecule has 88 valence electrons. The van der Waals surface area contributed by atoms with Crippen LogP contribution in [0.3, 0.4) is 0 Å². The van der Waals surface area contributed by atoms with Crippen molar-refractivity contribution in [3.63, 3.8) is 0 Å². The van der Waals surface area contributed by atoms with Gasteiger partial charge in [-0.05, 0) is 36.9 Å². The lowest BCUT2D eigenvalue weighted by atomic mass is 9.97. The Morgan fingerprint density at radius 3 is 2.56 bits per heavy atom. The molecule has 0 bridgehead atoms. The fourth-order valence-corrected chi connectivity index (χ4v) is 2.32. The molecule has 1 aliphatic rings. The Hall–Kier alpha value is -0.860. The first-order valence-corrected chi connectivity index (χ1v) is 6.18. The molecule has 0 aromatic heterocycles. The van der Waals surface area contributed by atoms with E-state index in [0.717, 1.165) is 6.42 Å². The molecule has 0 spiro atoms. The molecule has 1 saturated heterocycles. The molecule has 1 atom stereocenters. The van der Waals surface area contributed by atoms with E-state index in [4.69, 9.17) is 4.74 Å². The van der Waals surface area contributed by atoms with Crippen LogP contribution in [0.5, 0.6) is 0 Å². The summed E-state index contributed by atoms with van der Waals surface area (Å²) in [5.41, 5.74) is 2.68. The van der Waals surface area contributed by atoms with Crippen LogP contribution in [-0.4, -0.2) is 19.7 Å². The van der Waals surface area contributed by atoms with E-state index in [1.165, 1.54) is 36.9 Å². The van der Waals surface area contributed by atoms with Gasteiger partial charge in [-0.15, -0.1) is 0 Å². The molecule has 1 aromatic carbocycles. The van der Waals surface area contributed by atoms with Crippen molar-refractivity contribution in [2.24, 2.45) is 0 Å². The fraction of sp³-hybridized carbons (Fsp3) is 0.571. The first-order valence-electron chi connectivity index (χ1n) is 6.18. The quantitative estimate of drug-likeness (QED) is 0.840. The Morgan fingerprint density at radius 2 is 1.94 bits per heavy atom. The topological polar surface area (TPSA) is 21.3 Å². The number of nitrogens with one attached hydrogen (secondary N) is 1. The van der Waals surface area contributed by atoms with Crippen molar-refractivity contribution in [1.29, 1.82) is 0 Å². The van der Waals surface area contributed by atoms with Crippen LogP contribution < -0.4 is 5.32 Å². The highest BCUT2D eigenvalue weighted by molar-refractivity contribution is 5.22. The van der Waals surface area contributed by atoms with Gasteiger partial charge in [0.1, 0.15) is 0 Å². The molecular weight excluding hydrogens is 198 g/mol. The van der Waals surface area contributed by atoms with E-state index in [2.05, 4.69) is 29.6 Å². The average Bonchev–Trinajstić information content (AvgIpc) is 2.33. The molecule has 0 saturated carbocycles. The fourth-order valence-electron chi connectivity index (χ4n) is 2.32. The van der Waals surface area contributed by atoms with Crippen LogP contribution in [0.15, 0.2) is 24.3 Å². The van der Waals surface area contributed by atoms with Crippen LogP contribution in [0.25, 0.3) is 0 Å². The van der Waals surface area contributed by atoms with Crippen LogP contribution in [0, 0.1) is 0 Å². The summed E-state index contributed by atoms with van der Waals surface area (Å²) in [6.45, 7) is 1.90. The molecule has 2 nitrogen and oxygen atoms in total. The van der Waals surface area contributed by atoms with E-state index in [1.54, 1.807) is 7.11 Å². The summed E-state index contributed by atoms with van der Waals surface area (Å²) in [7, 11) is 1.74. The maximum atomic E-state index is 5.11. The van der Waals surface area contributed by atoms with Crippen molar-refractivity contribution in [1.82, 2.24) is 5.32 Å². The lowest BCUT2D eigenvalue weighted by molar-refractivity contribution is 0.185. The molecule has 1 unspecified atom stereocenters. The SMILES string of the molecule is COCc1ccc(CC2CCCCN2)cc1. The van der Waals surface area contributed by atoms with Gasteiger partial charge in [0.05, 0.1) is 6.61 Å². The summed E-state index contributed by atoms with van der Waals surface area (Å²) < 4.78 is 5.11. The second-order valence-corrected chi connectivity index (χ2v) is 4.60. The summed E-state index contributed by atoms with van der Waals surface area (Å²) in [5.74, 6) is 0. The highest BCUT2D eigenvalue weighted by atomic mass is 16.5. The number of hydrogen-bond donors (Lipinski definition) is 1. The normalized spacial score (nSPS) is 20.9. The summed E-state index contributed by atoms with van der Waals surface area (Å²) in [6, 6.07) is 9.47. The first kappa shape index (κ1) is 11.6. The first-order chi connectivity index (χ1) is 7.88. The second kappa shape index (κ2) is 6.02. The zero-order valence-electron chi connectivity index (χ0n) is 10.0. The van der Waals surface area contributed by atoms with Crippen molar-refractivity contribution >= 4 is 0 Å². The maximum absolute atomic E-state index is 5.11. The summed E-state index contributed by atoms with van der Waals surface area (Å²) >= 11 is 0. The number of rotatable bonds is 4. The van der Waals surface area contributed by atoms with Gasteiger partial charge in [-0.3, -0.25) is 0 Å². The van der Waals surface area contributed by atoms with Gasteiger partial charge in [-0.2, -0.15) is 0 Å². The summed E-state index contributed by atoms with van der Waals surface area (Å²) in [4.78, 5) is 0. The van der Waals surface area contributed by atoms with Gasteiger partial charge in [-0.25, -0.2) is 0 Å². The Bertz CT molecular complexity index is 301. The molecule has 1 aliphatic heterocycles. The molecule has 1 N–H and O–H groups in total. The van der Waals surface area contributed by atoms with E-state index in [0.29, 0.717) is 12.6 Å². The third kappa shape index (κ3) is 3.32. The molecule has 1 aromatic rings. The molecule has 0 amide bonds. The van der Waals surface area contributed by atoms with Crippen molar-refractivity contribution in [3.05, 3.63) is 35.4 Å². The number of benzene rings is 1. The van der Waals surface area contributed by atoms with Gasteiger partial charge in [0.2, 0.25) is 0 Å². The van der Waals surface area contributed by atoms with Crippen molar-refractivity contribution in [2.45, 2.75) is 38.3 Å². The minimum Gasteiger partial charge on any atom is -0.380 e. The molecule has 0 aliphatic carbocycles. The van der Waals surface area contributed by atoms with Crippen LogP contribution in [0.4, 0.5) is 0 Å². The van der Waals surface area contributed by atoms with E-state index in [9.17, 15) is 0 Å². The van der Waals surface area contributed by atoms with Gasteiger partial charge in [0.25, 0.3) is 0 Å². The Kier molecular flexibility index (Phi) is 4.37. The van der Waals surface area contributed by atoms with E-state index >= 15 is 0 Å². The monoisotopic (exact) mass is 219 g/mol. The Morgan fingerprint density at radius 1 is 1.19 bits per heavy atom. The largest absolute Gasteiger partial charge is 0.380 e. The third-order valence-corrected chi connectivity index (χ3v) is 3.23. The Labute approximate surface area is 98.0 Å². The van der Waals surface area contributed by atoms with Gasteiger partial charge >= 0.3 is 0 Å². The number of hydrogen-bond acceptors (Lipinski definition) is 2. The van der Waals surface area contributed by atoms with Crippen molar-refractivity contribution in [2.75, 3.05) is 13.7 Å². The smallest absolute Gasteiger partial charge is 0.0713 e. The minimum absolute atomic E-state index is 0.682. The van der Waals surface area contributed by atoms with Crippen LogP contribution in [0.2, 0.25) is 0 Å². The van der Waals surface area contributed by atoms with E-state index in [1.807, 2.05) is 0 Å². The van der Waals surface area contributed by atoms with Crippen LogP contribution in [0.1, 0.15) is 30.4 Å². The molecule has 1 heterocycles. The van der Waals surface area contributed by atoms with Crippen LogP contribution in [-0.2, 0) is 17.8 Å². The van der Waals surface area contributed by atoms with E-state index < -0.39 is 0 Å². The van der Waals surface area contributed by atoms with Gasteiger partial charge in [0, 0.05) is 13.2 Å². The maximum Gasteiger partial charge on any atom is 0.0713 e. The molecule has 2 rings (SSSR count). The van der Waals surface area contributed by atoms with Crippen LogP contribution >= 0.6 is 0 Å². The third-order valence-electron chi connectivity index (χ3n) is 3.23. The molecular formula is C14H21NO. The van der Waals surface area contributed by atoms with Gasteiger partial charge < -0.3 is 10.1 Å². The summed E-state index contributed by atoms with van der Waals surface area (Å²) in [5, 5.41) is 3.58.